The topological polar surface area (TPSA) is 71.8 Å². The highest BCUT2D eigenvalue weighted by Crippen LogP contribution is 2.28. The molecule has 32 heavy (non-hydrogen) atoms. The summed E-state index contributed by atoms with van der Waals surface area (Å²) in [6, 6.07) is 16.1. The number of hydrogen-bond acceptors (Lipinski definition) is 6. The van der Waals surface area contributed by atoms with E-state index in [2.05, 4.69) is 34.4 Å². The van der Waals surface area contributed by atoms with Gasteiger partial charge < -0.3 is 19.9 Å². The monoisotopic (exact) mass is 438 g/mol. The van der Waals surface area contributed by atoms with Crippen molar-refractivity contribution in [2.75, 3.05) is 27.3 Å². The first-order chi connectivity index (χ1) is 15.6. The Labute approximate surface area is 190 Å². The SMILES string of the molecule is CCn1cc(CNCc2ccc(OC)c(OC[C@H](O)CN(C)Cc3ccccc3)c2)cn1. The third-order valence-electron chi connectivity index (χ3n) is 5.15. The zero-order chi connectivity index (χ0) is 22.8. The van der Waals surface area contributed by atoms with Crippen molar-refractivity contribution in [3.63, 3.8) is 0 Å². The van der Waals surface area contributed by atoms with Crippen molar-refractivity contribution in [1.82, 2.24) is 20.0 Å². The highest BCUT2D eigenvalue weighted by atomic mass is 16.5. The van der Waals surface area contributed by atoms with Gasteiger partial charge in [0, 0.05) is 44.5 Å². The minimum atomic E-state index is -0.606. The number of nitrogens with zero attached hydrogens (tertiary/aromatic N) is 3. The lowest BCUT2D eigenvalue weighted by Gasteiger charge is -2.21. The van der Waals surface area contributed by atoms with Crippen LogP contribution < -0.4 is 14.8 Å². The molecular weight excluding hydrogens is 404 g/mol. The number of aliphatic hydroxyl groups is 1. The molecule has 3 rings (SSSR count). The van der Waals surface area contributed by atoms with Crippen LogP contribution in [-0.4, -0.2) is 53.2 Å². The van der Waals surface area contributed by atoms with E-state index in [1.807, 2.05) is 60.5 Å². The van der Waals surface area contributed by atoms with Crippen LogP contribution in [0.1, 0.15) is 23.6 Å². The second-order valence-electron chi connectivity index (χ2n) is 7.94. The van der Waals surface area contributed by atoms with Crippen LogP contribution in [0.15, 0.2) is 60.9 Å². The zero-order valence-electron chi connectivity index (χ0n) is 19.2. The number of aromatic nitrogens is 2. The molecule has 1 atom stereocenters. The van der Waals surface area contributed by atoms with E-state index in [-0.39, 0.29) is 6.61 Å². The average molecular weight is 439 g/mol. The molecule has 0 fully saturated rings. The molecule has 2 aromatic carbocycles. The Bertz CT molecular complexity index is 945. The van der Waals surface area contributed by atoms with E-state index in [9.17, 15) is 5.11 Å². The standard InChI is InChI=1S/C25H34N4O3/c1-4-29-17-22(15-27-29)14-26-13-21-10-11-24(31-3)25(12-21)32-19-23(30)18-28(2)16-20-8-6-5-7-9-20/h5-12,15,17,23,26,30H,4,13-14,16,18-19H2,1-3H3/t23-/m1/s1. The fourth-order valence-electron chi connectivity index (χ4n) is 3.52. The number of benzene rings is 2. The van der Waals surface area contributed by atoms with Crippen LogP contribution in [0.3, 0.4) is 0 Å². The van der Waals surface area contributed by atoms with Crippen LogP contribution in [0.25, 0.3) is 0 Å². The minimum absolute atomic E-state index is 0.197. The number of hydrogen-bond donors (Lipinski definition) is 2. The van der Waals surface area contributed by atoms with Gasteiger partial charge in [-0.05, 0) is 37.2 Å². The summed E-state index contributed by atoms with van der Waals surface area (Å²) < 4.78 is 13.3. The van der Waals surface area contributed by atoms with Gasteiger partial charge in [-0.1, -0.05) is 36.4 Å². The fourth-order valence-corrected chi connectivity index (χ4v) is 3.52. The Morgan fingerprint density at radius 2 is 1.84 bits per heavy atom. The van der Waals surface area contributed by atoms with Crippen molar-refractivity contribution in [1.29, 1.82) is 0 Å². The number of nitrogens with one attached hydrogen (secondary N) is 1. The van der Waals surface area contributed by atoms with E-state index in [0.29, 0.717) is 24.6 Å². The van der Waals surface area contributed by atoms with Gasteiger partial charge in [-0.3, -0.25) is 9.58 Å². The van der Waals surface area contributed by atoms with Crippen LogP contribution in [-0.2, 0) is 26.2 Å². The number of rotatable bonds is 13. The number of aliphatic hydroxyl groups excluding tert-OH is 1. The Morgan fingerprint density at radius 1 is 1.06 bits per heavy atom. The zero-order valence-corrected chi connectivity index (χ0v) is 19.2. The first-order valence-electron chi connectivity index (χ1n) is 11.0. The number of likely N-dealkylation sites (N-methyl/N-ethyl adjacent to an activating group) is 1. The van der Waals surface area contributed by atoms with Gasteiger partial charge in [0.2, 0.25) is 0 Å². The lowest BCUT2D eigenvalue weighted by molar-refractivity contribution is 0.0732. The summed E-state index contributed by atoms with van der Waals surface area (Å²) in [4.78, 5) is 2.08. The van der Waals surface area contributed by atoms with Gasteiger partial charge in [-0.15, -0.1) is 0 Å². The van der Waals surface area contributed by atoms with Crippen molar-refractivity contribution in [3.05, 3.63) is 77.6 Å². The molecule has 1 heterocycles. The van der Waals surface area contributed by atoms with Gasteiger partial charge in [0.25, 0.3) is 0 Å². The van der Waals surface area contributed by atoms with E-state index in [1.54, 1.807) is 7.11 Å². The number of methoxy groups -OCH3 is 1. The predicted octanol–water partition coefficient (Wildman–Crippen LogP) is 3.07. The summed E-state index contributed by atoms with van der Waals surface area (Å²) in [7, 11) is 3.61. The fraction of sp³-hybridized carbons (Fsp3) is 0.400. The average Bonchev–Trinajstić information content (AvgIpc) is 3.26. The molecule has 0 amide bonds. The maximum atomic E-state index is 10.5. The first-order valence-corrected chi connectivity index (χ1v) is 11.0. The molecule has 1 aromatic heterocycles. The molecule has 0 bridgehead atoms. The van der Waals surface area contributed by atoms with Crippen molar-refractivity contribution in [2.45, 2.75) is 39.2 Å². The Balaban J connectivity index is 1.48. The molecule has 2 N–H and O–H groups in total. The minimum Gasteiger partial charge on any atom is -0.493 e. The first kappa shape index (κ1) is 23.8. The van der Waals surface area contributed by atoms with Gasteiger partial charge in [-0.2, -0.15) is 5.10 Å². The largest absolute Gasteiger partial charge is 0.493 e. The third-order valence-corrected chi connectivity index (χ3v) is 5.15. The summed E-state index contributed by atoms with van der Waals surface area (Å²) in [5.41, 5.74) is 3.45. The van der Waals surface area contributed by atoms with E-state index in [1.165, 1.54) is 5.56 Å². The van der Waals surface area contributed by atoms with Gasteiger partial charge >= 0.3 is 0 Å². The molecule has 0 spiro atoms. The normalized spacial score (nSPS) is 12.2. The van der Waals surface area contributed by atoms with Crippen LogP contribution in [0, 0.1) is 0 Å². The van der Waals surface area contributed by atoms with Gasteiger partial charge in [0.1, 0.15) is 12.7 Å². The van der Waals surface area contributed by atoms with Gasteiger partial charge in [0.05, 0.1) is 13.3 Å². The van der Waals surface area contributed by atoms with E-state index in [4.69, 9.17) is 9.47 Å². The van der Waals surface area contributed by atoms with Crippen molar-refractivity contribution in [3.8, 4) is 11.5 Å². The molecule has 0 aliphatic rings. The maximum absolute atomic E-state index is 10.5. The Morgan fingerprint density at radius 3 is 2.56 bits per heavy atom. The maximum Gasteiger partial charge on any atom is 0.161 e. The Hall–Kier alpha value is -2.87. The molecule has 0 radical (unpaired) electrons. The van der Waals surface area contributed by atoms with Crippen LogP contribution >= 0.6 is 0 Å². The van der Waals surface area contributed by atoms with Crippen LogP contribution in [0.5, 0.6) is 11.5 Å². The molecule has 7 heteroatoms. The quantitative estimate of drug-likeness (QED) is 0.427. The molecular formula is C25H34N4O3. The second kappa shape index (κ2) is 12.2. The molecule has 7 nitrogen and oxygen atoms in total. The van der Waals surface area contributed by atoms with E-state index < -0.39 is 6.10 Å². The third kappa shape index (κ3) is 7.37. The summed E-state index contributed by atoms with van der Waals surface area (Å²) in [5.74, 6) is 1.29. The smallest absolute Gasteiger partial charge is 0.161 e. The molecule has 0 aliphatic carbocycles. The molecule has 172 valence electrons. The second-order valence-corrected chi connectivity index (χ2v) is 7.94. The molecule has 0 saturated heterocycles. The highest BCUT2D eigenvalue weighted by Gasteiger charge is 2.12. The molecule has 0 aliphatic heterocycles. The number of aryl methyl sites for hydroxylation is 1. The lowest BCUT2D eigenvalue weighted by atomic mass is 10.2. The van der Waals surface area contributed by atoms with Crippen LogP contribution in [0.4, 0.5) is 0 Å². The number of ether oxygens (including phenoxy) is 2. The summed E-state index contributed by atoms with van der Waals surface area (Å²) in [6.45, 7) is 5.87. The predicted molar refractivity (Wildman–Crippen MR) is 126 cm³/mol. The van der Waals surface area contributed by atoms with Crippen molar-refractivity contribution < 1.29 is 14.6 Å². The lowest BCUT2D eigenvalue weighted by Crippen LogP contribution is -2.32. The van der Waals surface area contributed by atoms with Crippen molar-refractivity contribution >= 4 is 0 Å². The molecule has 0 unspecified atom stereocenters. The molecule has 3 aromatic rings. The summed E-state index contributed by atoms with van der Waals surface area (Å²) in [5, 5.41) is 18.2. The van der Waals surface area contributed by atoms with Crippen molar-refractivity contribution in [2.24, 2.45) is 0 Å². The molecule has 0 saturated carbocycles. The highest BCUT2D eigenvalue weighted by molar-refractivity contribution is 5.43. The van der Waals surface area contributed by atoms with Gasteiger partial charge in [0.15, 0.2) is 11.5 Å². The van der Waals surface area contributed by atoms with E-state index in [0.717, 1.165) is 30.8 Å². The van der Waals surface area contributed by atoms with Gasteiger partial charge in [-0.25, -0.2) is 0 Å². The summed E-state index contributed by atoms with van der Waals surface area (Å²) in [6.07, 6.45) is 3.33. The van der Waals surface area contributed by atoms with Crippen LogP contribution in [0.2, 0.25) is 0 Å². The summed E-state index contributed by atoms with van der Waals surface area (Å²) >= 11 is 0. The van der Waals surface area contributed by atoms with E-state index >= 15 is 0 Å². The Kier molecular flexibility index (Phi) is 9.10.